The van der Waals surface area contributed by atoms with Crippen molar-refractivity contribution in [2.45, 2.75) is 26.7 Å². The van der Waals surface area contributed by atoms with Gasteiger partial charge < -0.3 is 4.98 Å². The van der Waals surface area contributed by atoms with Crippen molar-refractivity contribution >= 4 is 5.57 Å². The van der Waals surface area contributed by atoms with E-state index in [9.17, 15) is 0 Å². The Morgan fingerprint density at radius 1 is 1.23 bits per heavy atom. The highest BCUT2D eigenvalue weighted by molar-refractivity contribution is 5.65. The summed E-state index contributed by atoms with van der Waals surface area (Å²) in [4.78, 5) is 7.45. The second-order valence-electron chi connectivity index (χ2n) is 3.59. The van der Waals surface area contributed by atoms with Crippen LogP contribution < -0.4 is 0 Å². The average Bonchev–Trinajstić information content (AvgIpc) is 2.53. The Morgan fingerprint density at radius 3 is 2.62 bits per heavy atom. The highest BCUT2D eigenvalue weighted by atomic mass is 14.9. The van der Waals surface area contributed by atoms with Crippen LogP contribution in [0.4, 0.5) is 0 Å². The molecule has 68 valence electrons. The molecule has 2 nitrogen and oxygen atoms in total. The SMILES string of the molecule is CC1=CC=C(c2cnc(C)[nH]2)CC1. The molecule has 1 aromatic heterocycles. The largest absolute Gasteiger partial charge is 0.343 e. The fraction of sp³-hybridized carbons (Fsp3) is 0.364. The van der Waals surface area contributed by atoms with E-state index in [-0.39, 0.29) is 0 Å². The topological polar surface area (TPSA) is 28.7 Å². The van der Waals surface area contributed by atoms with Crippen molar-refractivity contribution < 1.29 is 0 Å². The summed E-state index contributed by atoms with van der Waals surface area (Å²) in [6.45, 7) is 4.15. The first-order valence-corrected chi connectivity index (χ1v) is 4.64. The van der Waals surface area contributed by atoms with Crippen molar-refractivity contribution in [2.75, 3.05) is 0 Å². The molecule has 1 heterocycles. The molecular formula is C11H14N2. The van der Waals surface area contributed by atoms with Crippen LogP contribution >= 0.6 is 0 Å². The van der Waals surface area contributed by atoms with E-state index in [0.29, 0.717) is 0 Å². The van der Waals surface area contributed by atoms with Crippen LogP contribution in [-0.2, 0) is 0 Å². The Bertz CT molecular complexity index is 369. The maximum absolute atomic E-state index is 4.19. The van der Waals surface area contributed by atoms with E-state index in [1.165, 1.54) is 23.3 Å². The molecule has 0 spiro atoms. The molecule has 0 saturated heterocycles. The van der Waals surface area contributed by atoms with Gasteiger partial charge in [-0.15, -0.1) is 0 Å². The molecule has 2 heteroatoms. The lowest BCUT2D eigenvalue weighted by Gasteiger charge is -2.09. The van der Waals surface area contributed by atoms with Crippen LogP contribution in [0.1, 0.15) is 31.3 Å². The van der Waals surface area contributed by atoms with E-state index >= 15 is 0 Å². The first kappa shape index (κ1) is 8.30. The minimum Gasteiger partial charge on any atom is -0.343 e. The Labute approximate surface area is 78.4 Å². The molecule has 0 atom stereocenters. The minimum absolute atomic E-state index is 0.988. The second-order valence-corrected chi connectivity index (χ2v) is 3.59. The van der Waals surface area contributed by atoms with Gasteiger partial charge in [0.2, 0.25) is 0 Å². The van der Waals surface area contributed by atoms with E-state index in [1.807, 2.05) is 13.1 Å². The number of hydrogen-bond donors (Lipinski definition) is 1. The second kappa shape index (κ2) is 3.21. The van der Waals surface area contributed by atoms with Gasteiger partial charge in [0.1, 0.15) is 5.82 Å². The van der Waals surface area contributed by atoms with E-state index in [4.69, 9.17) is 0 Å². The number of hydrogen-bond acceptors (Lipinski definition) is 1. The number of allylic oxidation sites excluding steroid dienone is 4. The van der Waals surface area contributed by atoms with Crippen LogP contribution in [0.25, 0.3) is 5.57 Å². The zero-order valence-electron chi connectivity index (χ0n) is 8.09. The molecule has 2 rings (SSSR count). The van der Waals surface area contributed by atoms with Gasteiger partial charge in [0.05, 0.1) is 11.9 Å². The zero-order valence-corrected chi connectivity index (χ0v) is 8.09. The maximum atomic E-state index is 4.19. The lowest BCUT2D eigenvalue weighted by atomic mass is 9.98. The molecule has 0 aliphatic heterocycles. The standard InChI is InChI=1S/C11H14N2/c1-8-3-5-10(6-4-8)11-7-12-9(2)13-11/h3,5,7H,4,6H2,1-2H3,(H,12,13). The number of H-pyrrole nitrogens is 1. The summed E-state index contributed by atoms with van der Waals surface area (Å²) in [6, 6.07) is 0. The molecule has 0 aromatic carbocycles. The Morgan fingerprint density at radius 2 is 2.08 bits per heavy atom. The van der Waals surface area contributed by atoms with Crippen molar-refractivity contribution in [3.63, 3.8) is 0 Å². The summed E-state index contributed by atoms with van der Waals surface area (Å²) in [5.74, 6) is 0.988. The predicted molar refractivity (Wildman–Crippen MR) is 54.3 cm³/mol. The molecule has 1 aliphatic carbocycles. The summed E-state index contributed by atoms with van der Waals surface area (Å²) in [6.07, 6.45) is 8.59. The summed E-state index contributed by atoms with van der Waals surface area (Å²) in [7, 11) is 0. The monoisotopic (exact) mass is 174 g/mol. The van der Waals surface area contributed by atoms with Crippen LogP contribution in [0.2, 0.25) is 0 Å². The lowest BCUT2D eigenvalue weighted by Crippen LogP contribution is -1.91. The molecule has 0 fully saturated rings. The van der Waals surface area contributed by atoms with Crippen molar-refractivity contribution in [1.29, 1.82) is 0 Å². The number of aromatic amines is 1. The van der Waals surface area contributed by atoms with Gasteiger partial charge in [-0.1, -0.05) is 17.7 Å². The fourth-order valence-electron chi connectivity index (χ4n) is 1.55. The smallest absolute Gasteiger partial charge is 0.103 e. The minimum atomic E-state index is 0.988. The number of nitrogens with one attached hydrogen (secondary N) is 1. The first-order chi connectivity index (χ1) is 6.25. The molecule has 1 aromatic rings. The third-order valence-corrected chi connectivity index (χ3v) is 2.41. The zero-order chi connectivity index (χ0) is 9.26. The number of aryl methyl sites for hydroxylation is 1. The first-order valence-electron chi connectivity index (χ1n) is 4.64. The normalized spacial score (nSPS) is 16.8. The van der Waals surface area contributed by atoms with E-state index in [2.05, 4.69) is 29.0 Å². The van der Waals surface area contributed by atoms with E-state index in [1.54, 1.807) is 0 Å². The number of imidazole rings is 1. The number of nitrogens with zero attached hydrogens (tertiary/aromatic N) is 1. The molecule has 1 aliphatic rings. The van der Waals surface area contributed by atoms with Crippen molar-refractivity contribution in [2.24, 2.45) is 0 Å². The van der Waals surface area contributed by atoms with Crippen molar-refractivity contribution in [3.8, 4) is 0 Å². The van der Waals surface area contributed by atoms with Gasteiger partial charge in [-0.25, -0.2) is 4.98 Å². The fourth-order valence-corrected chi connectivity index (χ4v) is 1.55. The van der Waals surface area contributed by atoms with Crippen LogP contribution in [0.15, 0.2) is 23.9 Å². The summed E-state index contributed by atoms with van der Waals surface area (Å²) >= 11 is 0. The summed E-state index contributed by atoms with van der Waals surface area (Å²) < 4.78 is 0. The Kier molecular flexibility index (Phi) is 2.05. The predicted octanol–water partition coefficient (Wildman–Crippen LogP) is 2.84. The highest BCUT2D eigenvalue weighted by Gasteiger charge is 2.07. The van der Waals surface area contributed by atoms with Crippen LogP contribution in [-0.4, -0.2) is 9.97 Å². The van der Waals surface area contributed by atoms with Crippen LogP contribution in [0.5, 0.6) is 0 Å². The molecule has 0 amide bonds. The Hall–Kier alpha value is -1.31. The molecule has 13 heavy (non-hydrogen) atoms. The third kappa shape index (κ3) is 1.72. The average molecular weight is 174 g/mol. The molecule has 1 N–H and O–H groups in total. The van der Waals surface area contributed by atoms with Crippen molar-refractivity contribution in [3.05, 3.63) is 35.4 Å². The van der Waals surface area contributed by atoms with Gasteiger partial charge in [-0.2, -0.15) is 0 Å². The highest BCUT2D eigenvalue weighted by Crippen LogP contribution is 2.24. The Balaban J connectivity index is 2.28. The van der Waals surface area contributed by atoms with Gasteiger partial charge in [0.15, 0.2) is 0 Å². The van der Waals surface area contributed by atoms with Gasteiger partial charge in [-0.05, 0) is 32.3 Å². The van der Waals surface area contributed by atoms with Crippen molar-refractivity contribution in [1.82, 2.24) is 9.97 Å². The molecule has 0 unspecified atom stereocenters. The van der Waals surface area contributed by atoms with E-state index in [0.717, 1.165) is 12.2 Å². The van der Waals surface area contributed by atoms with Crippen LogP contribution in [0.3, 0.4) is 0 Å². The van der Waals surface area contributed by atoms with Gasteiger partial charge >= 0.3 is 0 Å². The van der Waals surface area contributed by atoms with Gasteiger partial charge in [-0.3, -0.25) is 0 Å². The van der Waals surface area contributed by atoms with Gasteiger partial charge in [0, 0.05) is 0 Å². The van der Waals surface area contributed by atoms with Gasteiger partial charge in [0.25, 0.3) is 0 Å². The third-order valence-electron chi connectivity index (χ3n) is 2.41. The number of aromatic nitrogens is 2. The maximum Gasteiger partial charge on any atom is 0.103 e. The van der Waals surface area contributed by atoms with E-state index < -0.39 is 0 Å². The quantitative estimate of drug-likeness (QED) is 0.696. The molecule has 0 saturated carbocycles. The summed E-state index contributed by atoms with van der Waals surface area (Å²) in [5.41, 5.74) is 3.99. The van der Waals surface area contributed by atoms with Crippen LogP contribution in [0, 0.1) is 6.92 Å². The molecule has 0 bridgehead atoms. The summed E-state index contributed by atoms with van der Waals surface area (Å²) in [5, 5.41) is 0. The molecule has 0 radical (unpaired) electrons. The molecular weight excluding hydrogens is 160 g/mol. The number of rotatable bonds is 1. The lowest BCUT2D eigenvalue weighted by molar-refractivity contribution is 0.969.